The topological polar surface area (TPSA) is 66.6 Å². The first-order valence-electron chi connectivity index (χ1n) is 5.56. The highest BCUT2D eigenvalue weighted by atomic mass is 35.5. The molecule has 1 aliphatic rings. The van der Waals surface area contributed by atoms with Gasteiger partial charge in [-0.15, -0.1) is 0 Å². The number of halogens is 2. The Hall–Kier alpha value is -0.970. The van der Waals surface area contributed by atoms with Gasteiger partial charge in [0.05, 0.1) is 21.3 Å². The number of hydrogen-bond donors (Lipinski definition) is 2. The molecule has 98 valence electrons. The molecule has 0 aromatic heterocycles. The number of nitrogen functional groups attached to an aromatic ring is 1. The molecule has 0 radical (unpaired) electrons. The maximum atomic E-state index is 12.2. The summed E-state index contributed by atoms with van der Waals surface area (Å²) in [5.41, 5.74) is 5.52. The first-order valence-corrected chi connectivity index (χ1v) is 6.32. The van der Waals surface area contributed by atoms with Crippen molar-refractivity contribution in [2.45, 2.75) is 18.9 Å². The van der Waals surface area contributed by atoms with Crippen LogP contribution >= 0.6 is 23.2 Å². The molecule has 6 heteroatoms. The molecule has 1 atom stereocenters. The fourth-order valence-corrected chi connectivity index (χ4v) is 2.37. The van der Waals surface area contributed by atoms with Gasteiger partial charge < -0.3 is 15.7 Å². The summed E-state index contributed by atoms with van der Waals surface area (Å²) in [6.45, 7) is 2.54. The molecule has 1 aromatic carbocycles. The Labute approximate surface area is 115 Å². The molecule has 1 aromatic rings. The SMILES string of the molecule is CC1(O)CCN(C(=O)c2cc(N)c(Cl)c(Cl)c2)C1. The number of benzene rings is 1. The third-order valence-corrected chi connectivity index (χ3v) is 3.86. The molecule has 1 fully saturated rings. The van der Waals surface area contributed by atoms with Gasteiger partial charge in [0.25, 0.3) is 5.91 Å². The van der Waals surface area contributed by atoms with Gasteiger partial charge in [0.1, 0.15) is 0 Å². The molecule has 0 saturated carbocycles. The minimum Gasteiger partial charge on any atom is -0.397 e. The molecular formula is C12H14Cl2N2O2. The second-order valence-electron chi connectivity index (χ2n) is 4.83. The predicted molar refractivity (Wildman–Crippen MR) is 72.0 cm³/mol. The lowest BCUT2D eigenvalue weighted by atomic mass is 10.1. The molecule has 2 rings (SSSR count). The summed E-state index contributed by atoms with van der Waals surface area (Å²) in [6.07, 6.45) is 0.565. The van der Waals surface area contributed by atoms with Gasteiger partial charge in [-0.1, -0.05) is 23.2 Å². The summed E-state index contributed by atoms with van der Waals surface area (Å²) >= 11 is 11.7. The number of hydrogen-bond acceptors (Lipinski definition) is 3. The zero-order chi connectivity index (χ0) is 13.5. The molecule has 1 amide bonds. The van der Waals surface area contributed by atoms with Crippen LogP contribution in [0.4, 0.5) is 5.69 Å². The minimum atomic E-state index is -0.822. The van der Waals surface area contributed by atoms with Crippen molar-refractivity contribution in [3.05, 3.63) is 27.7 Å². The van der Waals surface area contributed by atoms with Crippen molar-refractivity contribution in [2.24, 2.45) is 0 Å². The minimum absolute atomic E-state index is 0.196. The smallest absolute Gasteiger partial charge is 0.254 e. The van der Waals surface area contributed by atoms with Crippen LogP contribution in [0.5, 0.6) is 0 Å². The lowest BCUT2D eigenvalue weighted by Crippen LogP contribution is -2.33. The highest BCUT2D eigenvalue weighted by Gasteiger charge is 2.34. The van der Waals surface area contributed by atoms with Gasteiger partial charge >= 0.3 is 0 Å². The number of β-amino-alcohol motifs (C(OH)–C–C–N with tert-alkyl or cyclic N) is 1. The Bertz CT molecular complexity index is 480. The van der Waals surface area contributed by atoms with E-state index in [4.69, 9.17) is 28.9 Å². The number of carbonyl (C=O) groups excluding carboxylic acids is 1. The van der Waals surface area contributed by atoms with Crippen molar-refractivity contribution in [3.63, 3.8) is 0 Å². The molecule has 1 unspecified atom stereocenters. The van der Waals surface area contributed by atoms with Crippen LogP contribution in [-0.4, -0.2) is 34.6 Å². The van der Waals surface area contributed by atoms with Gasteiger partial charge in [-0.2, -0.15) is 0 Å². The van der Waals surface area contributed by atoms with Crippen LogP contribution in [0, 0.1) is 0 Å². The summed E-state index contributed by atoms with van der Waals surface area (Å²) in [6, 6.07) is 3.00. The average Bonchev–Trinajstić information content (AvgIpc) is 2.65. The highest BCUT2D eigenvalue weighted by molar-refractivity contribution is 6.43. The first-order chi connectivity index (χ1) is 8.30. The van der Waals surface area contributed by atoms with Gasteiger partial charge in [0, 0.05) is 18.7 Å². The fourth-order valence-electron chi connectivity index (χ4n) is 2.03. The molecule has 4 nitrogen and oxygen atoms in total. The van der Waals surface area contributed by atoms with Crippen LogP contribution in [0.25, 0.3) is 0 Å². The summed E-state index contributed by atoms with van der Waals surface area (Å²) < 4.78 is 0. The lowest BCUT2D eigenvalue weighted by molar-refractivity contribution is 0.0572. The van der Waals surface area contributed by atoms with E-state index in [1.165, 1.54) is 12.1 Å². The van der Waals surface area contributed by atoms with Crippen LogP contribution in [0.3, 0.4) is 0 Å². The van der Waals surface area contributed by atoms with Crippen LogP contribution in [0.1, 0.15) is 23.7 Å². The third-order valence-electron chi connectivity index (χ3n) is 3.04. The van der Waals surface area contributed by atoms with Crippen molar-refractivity contribution in [1.82, 2.24) is 4.90 Å². The molecule has 0 spiro atoms. The molecule has 0 aliphatic carbocycles. The molecule has 3 N–H and O–H groups in total. The van der Waals surface area contributed by atoms with Gasteiger partial charge in [-0.3, -0.25) is 4.79 Å². The van der Waals surface area contributed by atoms with Gasteiger partial charge in [-0.25, -0.2) is 0 Å². The van der Waals surface area contributed by atoms with Gasteiger partial charge in [0.15, 0.2) is 0 Å². The van der Waals surface area contributed by atoms with Crippen LogP contribution in [0.2, 0.25) is 10.0 Å². The number of rotatable bonds is 1. The number of amides is 1. The molecule has 1 saturated heterocycles. The molecule has 1 aliphatic heterocycles. The van der Waals surface area contributed by atoms with E-state index in [9.17, 15) is 9.90 Å². The van der Waals surface area contributed by atoms with E-state index in [0.717, 1.165) is 0 Å². The van der Waals surface area contributed by atoms with Crippen molar-refractivity contribution in [2.75, 3.05) is 18.8 Å². The number of nitrogens with two attached hydrogens (primary N) is 1. The first kappa shape index (κ1) is 13.5. The fraction of sp³-hybridized carbons (Fsp3) is 0.417. The van der Waals surface area contributed by atoms with E-state index in [1.54, 1.807) is 11.8 Å². The zero-order valence-electron chi connectivity index (χ0n) is 9.91. The summed E-state index contributed by atoms with van der Waals surface area (Å²) in [5.74, 6) is -0.196. The Morgan fingerprint density at radius 3 is 2.67 bits per heavy atom. The summed E-state index contributed by atoms with van der Waals surface area (Å²) in [7, 11) is 0. The average molecular weight is 289 g/mol. The van der Waals surface area contributed by atoms with E-state index in [-0.39, 0.29) is 21.6 Å². The second kappa shape index (κ2) is 4.61. The maximum absolute atomic E-state index is 12.2. The Morgan fingerprint density at radius 1 is 1.50 bits per heavy atom. The van der Waals surface area contributed by atoms with Crippen molar-refractivity contribution in [1.29, 1.82) is 0 Å². The molecule has 0 bridgehead atoms. The van der Waals surface area contributed by atoms with E-state index in [0.29, 0.717) is 25.1 Å². The maximum Gasteiger partial charge on any atom is 0.254 e. The van der Waals surface area contributed by atoms with E-state index in [2.05, 4.69) is 0 Å². The lowest BCUT2D eigenvalue weighted by Gasteiger charge is -2.19. The zero-order valence-corrected chi connectivity index (χ0v) is 11.4. The summed E-state index contributed by atoms with van der Waals surface area (Å²) in [5, 5.41) is 10.4. The highest BCUT2D eigenvalue weighted by Crippen LogP contribution is 2.31. The number of likely N-dealkylation sites (tertiary alicyclic amines) is 1. The molecule has 18 heavy (non-hydrogen) atoms. The van der Waals surface area contributed by atoms with Crippen molar-refractivity contribution < 1.29 is 9.90 Å². The third kappa shape index (κ3) is 2.55. The predicted octanol–water partition coefficient (Wildman–Crippen LogP) is 2.17. The van der Waals surface area contributed by atoms with Crippen LogP contribution in [0.15, 0.2) is 12.1 Å². The summed E-state index contributed by atoms with van der Waals surface area (Å²) in [4.78, 5) is 13.8. The standard InChI is InChI=1S/C12H14Cl2N2O2/c1-12(18)2-3-16(6-12)11(17)7-4-8(13)10(14)9(15)5-7/h4-5,18H,2-3,6,15H2,1H3. The van der Waals surface area contributed by atoms with Crippen LogP contribution < -0.4 is 5.73 Å². The van der Waals surface area contributed by atoms with E-state index >= 15 is 0 Å². The van der Waals surface area contributed by atoms with E-state index < -0.39 is 5.60 Å². The Morgan fingerprint density at radius 2 is 2.17 bits per heavy atom. The van der Waals surface area contributed by atoms with E-state index in [1.807, 2.05) is 0 Å². The monoisotopic (exact) mass is 288 g/mol. The quantitative estimate of drug-likeness (QED) is 0.779. The number of aliphatic hydroxyl groups is 1. The Kier molecular flexibility index (Phi) is 3.45. The van der Waals surface area contributed by atoms with Gasteiger partial charge in [-0.05, 0) is 25.5 Å². The normalized spacial score (nSPS) is 23.4. The number of carbonyl (C=O) groups is 1. The second-order valence-corrected chi connectivity index (χ2v) is 5.62. The molecular weight excluding hydrogens is 275 g/mol. The number of anilines is 1. The van der Waals surface area contributed by atoms with Crippen molar-refractivity contribution >= 4 is 34.8 Å². The Balaban J connectivity index is 2.25. The van der Waals surface area contributed by atoms with Crippen LogP contribution in [-0.2, 0) is 0 Å². The largest absolute Gasteiger partial charge is 0.397 e. The van der Waals surface area contributed by atoms with Gasteiger partial charge in [0.2, 0.25) is 0 Å². The van der Waals surface area contributed by atoms with Crippen molar-refractivity contribution in [3.8, 4) is 0 Å². The number of nitrogens with zero attached hydrogens (tertiary/aromatic N) is 1. The molecule has 1 heterocycles.